The Bertz CT molecular complexity index is 551. The fourth-order valence-corrected chi connectivity index (χ4v) is 2.46. The number of benzene rings is 2. The van der Waals surface area contributed by atoms with Crippen molar-refractivity contribution in [2.45, 2.75) is 33.2 Å². The number of hydrogen-bond donors (Lipinski definition) is 1. The fraction of sp³-hybridized carbons (Fsp3) is 0.368. The molecule has 0 saturated heterocycles. The van der Waals surface area contributed by atoms with Crippen LogP contribution in [0.2, 0.25) is 0 Å². The van der Waals surface area contributed by atoms with Crippen LogP contribution in [-0.2, 0) is 6.42 Å². The highest BCUT2D eigenvalue weighted by molar-refractivity contribution is 5.39. The van der Waals surface area contributed by atoms with Crippen molar-refractivity contribution in [1.29, 1.82) is 0 Å². The van der Waals surface area contributed by atoms with Gasteiger partial charge in [0, 0.05) is 18.0 Å². The molecule has 0 spiro atoms. The largest absolute Gasteiger partial charge is 0.493 e. The van der Waals surface area contributed by atoms with E-state index in [0.717, 1.165) is 18.7 Å². The van der Waals surface area contributed by atoms with E-state index in [1.807, 2.05) is 6.07 Å². The third-order valence-corrected chi connectivity index (χ3v) is 3.64. The van der Waals surface area contributed by atoms with Crippen LogP contribution in [0.4, 0.5) is 0 Å². The Kier molecular flexibility index (Phi) is 5.82. The summed E-state index contributed by atoms with van der Waals surface area (Å²) >= 11 is 0. The molecule has 0 aliphatic heterocycles. The number of aryl methyl sites for hydroxylation is 1. The molecule has 2 heteroatoms. The summed E-state index contributed by atoms with van der Waals surface area (Å²) < 4.78 is 6.05. The van der Waals surface area contributed by atoms with Gasteiger partial charge >= 0.3 is 0 Å². The van der Waals surface area contributed by atoms with E-state index in [0.29, 0.717) is 12.6 Å². The molecule has 0 amide bonds. The Balaban J connectivity index is 2.02. The van der Waals surface area contributed by atoms with Gasteiger partial charge in [0.05, 0.1) is 6.61 Å². The van der Waals surface area contributed by atoms with Gasteiger partial charge in [-0.3, -0.25) is 0 Å². The molecule has 2 rings (SSSR count). The maximum atomic E-state index is 6.05. The first kappa shape index (κ1) is 15.6. The molecule has 0 aliphatic rings. The zero-order valence-corrected chi connectivity index (χ0v) is 13.2. The number of ether oxygens (including phenoxy) is 1. The van der Waals surface area contributed by atoms with Crippen LogP contribution in [0.15, 0.2) is 48.5 Å². The number of nitrogens with one attached hydrogen (secondary N) is 1. The molecular weight excluding hydrogens is 258 g/mol. The average Bonchev–Trinajstić information content (AvgIpc) is 2.49. The van der Waals surface area contributed by atoms with Crippen LogP contribution >= 0.6 is 0 Å². The molecule has 0 bridgehead atoms. The molecule has 112 valence electrons. The van der Waals surface area contributed by atoms with Crippen molar-refractivity contribution in [3.8, 4) is 5.75 Å². The zero-order valence-electron chi connectivity index (χ0n) is 13.2. The van der Waals surface area contributed by atoms with Crippen molar-refractivity contribution >= 4 is 0 Å². The number of hydrogen-bond acceptors (Lipinski definition) is 2. The molecule has 2 nitrogen and oxygen atoms in total. The van der Waals surface area contributed by atoms with Crippen molar-refractivity contribution in [2.24, 2.45) is 0 Å². The van der Waals surface area contributed by atoms with E-state index < -0.39 is 0 Å². The van der Waals surface area contributed by atoms with E-state index in [1.54, 1.807) is 0 Å². The van der Waals surface area contributed by atoms with Crippen LogP contribution < -0.4 is 10.1 Å². The molecule has 0 saturated carbocycles. The summed E-state index contributed by atoms with van der Waals surface area (Å²) in [7, 11) is 0. The van der Waals surface area contributed by atoms with Gasteiger partial charge in [-0.05, 0) is 37.6 Å². The molecule has 1 unspecified atom stereocenters. The van der Waals surface area contributed by atoms with Gasteiger partial charge in [-0.15, -0.1) is 0 Å². The van der Waals surface area contributed by atoms with E-state index in [-0.39, 0.29) is 0 Å². The summed E-state index contributed by atoms with van der Waals surface area (Å²) in [6.45, 7) is 8.07. The van der Waals surface area contributed by atoms with Crippen LogP contribution in [0.3, 0.4) is 0 Å². The minimum absolute atomic E-state index is 0.308. The molecule has 2 aromatic carbocycles. The summed E-state index contributed by atoms with van der Waals surface area (Å²) in [5.74, 6) is 0.999. The monoisotopic (exact) mass is 283 g/mol. The highest BCUT2D eigenvalue weighted by Gasteiger charge is 2.11. The lowest BCUT2D eigenvalue weighted by Gasteiger charge is -2.18. The van der Waals surface area contributed by atoms with Gasteiger partial charge in [-0.25, -0.2) is 0 Å². The molecule has 1 atom stereocenters. The fourth-order valence-electron chi connectivity index (χ4n) is 2.46. The Morgan fingerprint density at radius 1 is 1.10 bits per heavy atom. The minimum Gasteiger partial charge on any atom is -0.493 e. The van der Waals surface area contributed by atoms with Gasteiger partial charge < -0.3 is 10.1 Å². The van der Waals surface area contributed by atoms with Crippen LogP contribution in [0.25, 0.3) is 0 Å². The average molecular weight is 283 g/mol. The quantitative estimate of drug-likeness (QED) is 0.818. The van der Waals surface area contributed by atoms with Crippen LogP contribution in [0.1, 0.15) is 36.6 Å². The van der Waals surface area contributed by atoms with Gasteiger partial charge in [0.25, 0.3) is 0 Å². The third-order valence-electron chi connectivity index (χ3n) is 3.64. The maximum Gasteiger partial charge on any atom is 0.124 e. The zero-order chi connectivity index (χ0) is 15.1. The summed E-state index contributed by atoms with van der Waals surface area (Å²) in [6.07, 6.45) is 0.934. The van der Waals surface area contributed by atoms with Crippen molar-refractivity contribution in [3.63, 3.8) is 0 Å². The molecule has 0 aliphatic carbocycles. The normalized spacial score (nSPS) is 12.1. The van der Waals surface area contributed by atoms with Crippen molar-refractivity contribution < 1.29 is 4.74 Å². The van der Waals surface area contributed by atoms with E-state index in [9.17, 15) is 0 Å². The van der Waals surface area contributed by atoms with Gasteiger partial charge in [-0.1, -0.05) is 49.4 Å². The minimum atomic E-state index is 0.308. The first-order valence-corrected chi connectivity index (χ1v) is 7.71. The Morgan fingerprint density at radius 3 is 2.57 bits per heavy atom. The maximum absolute atomic E-state index is 6.05. The summed E-state index contributed by atoms with van der Waals surface area (Å²) in [6, 6.07) is 17.2. The Labute approximate surface area is 128 Å². The lowest BCUT2D eigenvalue weighted by atomic mass is 10.0. The van der Waals surface area contributed by atoms with Gasteiger partial charge in [0.1, 0.15) is 5.75 Å². The molecule has 21 heavy (non-hydrogen) atoms. The second kappa shape index (κ2) is 7.84. The standard InChI is InChI=1S/C19H25NO/c1-4-20-16(3)18-11-10-15(2)14-19(18)21-13-12-17-8-6-5-7-9-17/h5-11,14,16,20H,4,12-13H2,1-3H3. The van der Waals surface area contributed by atoms with Crippen molar-refractivity contribution in [3.05, 3.63) is 65.2 Å². The van der Waals surface area contributed by atoms with Crippen LogP contribution in [-0.4, -0.2) is 13.2 Å². The summed E-state index contributed by atoms with van der Waals surface area (Å²) in [5, 5.41) is 3.45. The van der Waals surface area contributed by atoms with Gasteiger partial charge in [0.15, 0.2) is 0 Å². The topological polar surface area (TPSA) is 21.3 Å². The van der Waals surface area contributed by atoms with Crippen LogP contribution in [0, 0.1) is 6.92 Å². The van der Waals surface area contributed by atoms with E-state index in [2.05, 4.69) is 68.6 Å². The van der Waals surface area contributed by atoms with E-state index in [1.165, 1.54) is 16.7 Å². The van der Waals surface area contributed by atoms with E-state index in [4.69, 9.17) is 4.74 Å². The predicted molar refractivity (Wildman–Crippen MR) is 88.9 cm³/mol. The summed E-state index contributed by atoms with van der Waals surface area (Å²) in [5.41, 5.74) is 3.78. The molecule has 0 radical (unpaired) electrons. The predicted octanol–water partition coefficient (Wildman–Crippen LogP) is 4.29. The molecule has 0 heterocycles. The Hall–Kier alpha value is -1.80. The smallest absolute Gasteiger partial charge is 0.124 e. The highest BCUT2D eigenvalue weighted by atomic mass is 16.5. The summed E-state index contributed by atoms with van der Waals surface area (Å²) in [4.78, 5) is 0. The highest BCUT2D eigenvalue weighted by Crippen LogP contribution is 2.26. The lowest BCUT2D eigenvalue weighted by molar-refractivity contribution is 0.315. The first-order chi connectivity index (χ1) is 10.2. The van der Waals surface area contributed by atoms with E-state index >= 15 is 0 Å². The van der Waals surface area contributed by atoms with Crippen molar-refractivity contribution in [2.75, 3.05) is 13.2 Å². The molecule has 1 N–H and O–H groups in total. The third kappa shape index (κ3) is 4.61. The number of rotatable bonds is 7. The van der Waals surface area contributed by atoms with Crippen LogP contribution in [0.5, 0.6) is 5.75 Å². The Morgan fingerprint density at radius 2 is 1.86 bits per heavy atom. The van der Waals surface area contributed by atoms with Gasteiger partial charge in [-0.2, -0.15) is 0 Å². The SMILES string of the molecule is CCNC(C)c1ccc(C)cc1OCCc1ccccc1. The second-order valence-corrected chi connectivity index (χ2v) is 5.40. The molecule has 0 fully saturated rings. The lowest BCUT2D eigenvalue weighted by Crippen LogP contribution is -2.18. The molecule has 0 aromatic heterocycles. The molecule has 2 aromatic rings. The first-order valence-electron chi connectivity index (χ1n) is 7.71. The second-order valence-electron chi connectivity index (χ2n) is 5.40. The van der Waals surface area contributed by atoms with Crippen molar-refractivity contribution in [1.82, 2.24) is 5.32 Å². The molecular formula is C19H25NO. The van der Waals surface area contributed by atoms with Gasteiger partial charge in [0.2, 0.25) is 0 Å².